The minimum absolute atomic E-state index is 0.130. The standard InChI is InChI=1S/C18H30N2O/c1-15-8-7-12-20(16(15)2)13-11-18(14-21,19-3)17-9-5-4-6-10-17/h4-6,9-10,15-16,19,21H,7-8,11-14H2,1-3H3. The van der Waals surface area contributed by atoms with Crippen molar-refractivity contribution in [3.8, 4) is 0 Å². The molecule has 0 aromatic heterocycles. The topological polar surface area (TPSA) is 35.5 Å². The fourth-order valence-electron chi connectivity index (χ4n) is 3.49. The number of aliphatic hydroxyl groups is 1. The number of likely N-dealkylation sites (N-methyl/N-ethyl adjacent to an activating group) is 1. The molecule has 118 valence electrons. The molecule has 2 N–H and O–H groups in total. The summed E-state index contributed by atoms with van der Waals surface area (Å²) in [5, 5.41) is 13.4. The second-order valence-corrected chi connectivity index (χ2v) is 6.50. The highest BCUT2D eigenvalue weighted by Gasteiger charge is 2.32. The predicted octanol–water partition coefficient (Wildman–Crippen LogP) is 2.60. The van der Waals surface area contributed by atoms with Gasteiger partial charge in [-0.05, 0) is 51.3 Å². The summed E-state index contributed by atoms with van der Waals surface area (Å²) in [6.45, 7) is 7.04. The van der Waals surface area contributed by atoms with Crippen LogP contribution in [0.1, 0.15) is 38.7 Å². The van der Waals surface area contributed by atoms with Crippen LogP contribution in [-0.4, -0.2) is 42.8 Å². The average Bonchev–Trinajstić information content (AvgIpc) is 2.53. The van der Waals surface area contributed by atoms with E-state index in [1.807, 2.05) is 25.2 Å². The van der Waals surface area contributed by atoms with Crippen LogP contribution in [0.25, 0.3) is 0 Å². The van der Waals surface area contributed by atoms with Gasteiger partial charge in [-0.15, -0.1) is 0 Å². The molecule has 3 heteroatoms. The maximum absolute atomic E-state index is 10.00. The van der Waals surface area contributed by atoms with E-state index in [1.54, 1.807) is 0 Å². The van der Waals surface area contributed by atoms with Crippen molar-refractivity contribution in [3.63, 3.8) is 0 Å². The Morgan fingerprint density at radius 3 is 2.62 bits per heavy atom. The van der Waals surface area contributed by atoms with E-state index in [9.17, 15) is 5.11 Å². The minimum Gasteiger partial charge on any atom is -0.394 e. The van der Waals surface area contributed by atoms with Gasteiger partial charge in [-0.3, -0.25) is 0 Å². The molecule has 1 saturated heterocycles. The Bertz CT molecular complexity index is 416. The highest BCUT2D eigenvalue weighted by Crippen LogP contribution is 2.28. The van der Waals surface area contributed by atoms with Crippen molar-refractivity contribution in [2.24, 2.45) is 5.92 Å². The van der Waals surface area contributed by atoms with Crippen molar-refractivity contribution in [1.82, 2.24) is 10.2 Å². The Hall–Kier alpha value is -0.900. The maximum Gasteiger partial charge on any atom is 0.0678 e. The number of benzene rings is 1. The summed E-state index contributed by atoms with van der Waals surface area (Å²) in [4.78, 5) is 2.58. The summed E-state index contributed by atoms with van der Waals surface area (Å²) < 4.78 is 0. The van der Waals surface area contributed by atoms with Crippen molar-refractivity contribution in [2.75, 3.05) is 26.7 Å². The van der Waals surface area contributed by atoms with Crippen LogP contribution in [0.2, 0.25) is 0 Å². The van der Waals surface area contributed by atoms with Gasteiger partial charge in [0.1, 0.15) is 0 Å². The van der Waals surface area contributed by atoms with Gasteiger partial charge in [-0.1, -0.05) is 37.3 Å². The third kappa shape index (κ3) is 3.65. The van der Waals surface area contributed by atoms with Gasteiger partial charge in [0, 0.05) is 12.6 Å². The summed E-state index contributed by atoms with van der Waals surface area (Å²) in [6.07, 6.45) is 3.57. The van der Waals surface area contributed by atoms with Crippen LogP contribution in [0.5, 0.6) is 0 Å². The predicted molar refractivity (Wildman–Crippen MR) is 88.3 cm³/mol. The average molecular weight is 290 g/mol. The van der Waals surface area contributed by atoms with Crippen molar-refractivity contribution >= 4 is 0 Å². The van der Waals surface area contributed by atoms with Crippen molar-refractivity contribution in [2.45, 2.75) is 44.7 Å². The highest BCUT2D eigenvalue weighted by molar-refractivity contribution is 5.24. The summed E-state index contributed by atoms with van der Waals surface area (Å²) in [5.74, 6) is 0.772. The Morgan fingerprint density at radius 2 is 2.00 bits per heavy atom. The summed E-state index contributed by atoms with van der Waals surface area (Å²) in [5.41, 5.74) is 0.842. The fraction of sp³-hybridized carbons (Fsp3) is 0.667. The third-order valence-corrected chi connectivity index (χ3v) is 5.40. The molecule has 2 rings (SSSR count). The van der Waals surface area contributed by atoms with Gasteiger partial charge in [0.05, 0.1) is 12.1 Å². The first-order valence-corrected chi connectivity index (χ1v) is 8.22. The van der Waals surface area contributed by atoms with Crippen molar-refractivity contribution in [3.05, 3.63) is 35.9 Å². The molecule has 0 spiro atoms. The quantitative estimate of drug-likeness (QED) is 0.845. The lowest BCUT2D eigenvalue weighted by Crippen LogP contribution is -2.49. The monoisotopic (exact) mass is 290 g/mol. The van der Waals surface area contributed by atoms with Crippen LogP contribution < -0.4 is 5.32 Å². The molecular weight excluding hydrogens is 260 g/mol. The lowest BCUT2D eigenvalue weighted by atomic mass is 9.86. The smallest absolute Gasteiger partial charge is 0.0678 e. The Kier molecular flexibility index (Phi) is 5.80. The van der Waals surface area contributed by atoms with Crippen LogP contribution >= 0.6 is 0 Å². The lowest BCUT2D eigenvalue weighted by Gasteiger charge is -2.41. The number of aliphatic hydroxyl groups excluding tert-OH is 1. The second-order valence-electron chi connectivity index (χ2n) is 6.50. The van der Waals surface area contributed by atoms with E-state index in [-0.39, 0.29) is 12.1 Å². The van der Waals surface area contributed by atoms with Crippen molar-refractivity contribution in [1.29, 1.82) is 0 Å². The van der Waals surface area contributed by atoms with E-state index < -0.39 is 0 Å². The second kappa shape index (κ2) is 7.39. The molecule has 1 aliphatic rings. The fourth-order valence-corrected chi connectivity index (χ4v) is 3.49. The van der Waals surface area contributed by atoms with Gasteiger partial charge < -0.3 is 15.3 Å². The normalized spacial score (nSPS) is 26.5. The van der Waals surface area contributed by atoms with E-state index in [0.717, 1.165) is 18.9 Å². The van der Waals surface area contributed by atoms with E-state index in [2.05, 4.69) is 36.2 Å². The molecule has 0 aliphatic carbocycles. The van der Waals surface area contributed by atoms with Gasteiger partial charge in [0.25, 0.3) is 0 Å². The largest absolute Gasteiger partial charge is 0.394 e. The van der Waals surface area contributed by atoms with Crippen molar-refractivity contribution < 1.29 is 5.11 Å². The molecule has 0 amide bonds. The van der Waals surface area contributed by atoms with E-state index in [1.165, 1.54) is 24.9 Å². The lowest BCUT2D eigenvalue weighted by molar-refractivity contribution is 0.0843. The summed E-state index contributed by atoms with van der Waals surface area (Å²) in [6, 6.07) is 11.0. The zero-order chi connectivity index (χ0) is 15.3. The zero-order valence-corrected chi connectivity index (χ0v) is 13.7. The highest BCUT2D eigenvalue weighted by atomic mass is 16.3. The first kappa shape index (κ1) is 16.5. The SMILES string of the molecule is CNC(CO)(CCN1CCCC(C)C1C)c1ccccc1. The number of hydrogen-bond donors (Lipinski definition) is 2. The number of nitrogens with one attached hydrogen (secondary N) is 1. The van der Waals surface area contributed by atoms with Gasteiger partial charge in [-0.25, -0.2) is 0 Å². The molecule has 3 atom stereocenters. The zero-order valence-electron chi connectivity index (χ0n) is 13.7. The molecule has 0 radical (unpaired) electrons. The number of rotatable bonds is 6. The number of likely N-dealkylation sites (tertiary alicyclic amines) is 1. The Balaban J connectivity index is 2.07. The number of piperidine rings is 1. The molecule has 0 bridgehead atoms. The van der Waals surface area contributed by atoms with E-state index in [0.29, 0.717) is 6.04 Å². The van der Waals surface area contributed by atoms with Gasteiger partial charge in [-0.2, -0.15) is 0 Å². The minimum atomic E-state index is -0.332. The van der Waals surface area contributed by atoms with E-state index >= 15 is 0 Å². The molecule has 1 aromatic rings. The van der Waals surface area contributed by atoms with Crippen LogP contribution in [-0.2, 0) is 5.54 Å². The van der Waals surface area contributed by atoms with Crippen LogP contribution in [0, 0.1) is 5.92 Å². The maximum atomic E-state index is 10.00. The first-order chi connectivity index (χ1) is 10.1. The Labute approximate surface area is 129 Å². The van der Waals surface area contributed by atoms with Crippen LogP contribution in [0.3, 0.4) is 0 Å². The molecule has 3 unspecified atom stereocenters. The van der Waals surface area contributed by atoms with Gasteiger partial charge in [0.2, 0.25) is 0 Å². The summed E-state index contributed by atoms with van der Waals surface area (Å²) >= 11 is 0. The molecular formula is C18H30N2O. The summed E-state index contributed by atoms with van der Waals surface area (Å²) in [7, 11) is 1.95. The number of hydrogen-bond acceptors (Lipinski definition) is 3. The molecule has 1 fully saturated rings. The molecule has 21 heavy (non-hydrogen) atoms. The van der Waals surface area contributed by atoms with E-state index in [4.69, 9.17) is 0 Å². The van der Waals surface area contributed by atoms with Gasteiger partial charge in [0.15, 0.2) is 0 Å². The molecule has 1 aromatic carbocycles. The Morgan fingerprint density at radius 1 is 1.29 bits per heavy atom. The van der Waals surface area contributed by atoms with Crippen LogP contribution in [0.15, 0.2) is 30.3 Å². The molecule has 3 nitrogen and oxygen atoms in total. The third-order valence-electron chi connectivity index (χ3n) is 5.40. The molecule has 1 heterocycles. The molecule has 0 saturated carbocycles. The first-order valence-electron chi connectivity index (χ1n) is 8.22. The van der Waals surface area contributed by atoms with Gasteiger partial charge >= 0.3 is 0 Å². The van der Waals surface area contributed by atoms with Crippen LogP contribution in [0.4, 0.5) is 0 Å². The number of nitrogens with zero attached hydrogens (tertiary/aromatic N) is 1. The molecule has 1 aliphatic heterocycles.